The zero-order chi connectivity index (χ0) is 42.2. The molecular formula is C49H84O9. The number of aliphatic hydroxyl groups is 4. The van der Waals surface area contributed by atoms with Crippen molar-refractivity contribution in [1.29, 1.82) is 0 Å². The fourth-order valence-electron chi connectivity index (χ4n) is 6.51. The number of hydrogen-bond donors (Lipinski definition) is 4. The molecule has 1 aliphatic heterocycles. The average Bonchev–Trinajstić information content (AvgIpc) is 3.22. The maximum Gasteiger partial charge on any atom is 0.306 e. The summed E-state index contributed by atoms with van der Waals surface area (Å²) >= 11 is 0. The number of unbranched alkanes of at least 4 members (excludes halogenated alkanes) is 15. The molecule has 0 bridgehead atoms. The second-order valence-corrected chi connectivity index (χ2v) is 15.5. The highest BCUT2D eigenvalue weighted by molar-refractivity contribution is 5.69. The second-order valence-electron chi connectivity index (χ2n) is 15.5. The molecule has 0 amide bonds. The molecule has 0 spiro atoms. The van der Waals surface area contributed by atoms with E-state index in [-0.39, 0.29) is 25.6 Å². The van der Waals surface area contributed by atoms with Gasteiger partial charge in [-0.3, -0.25) is 4.79 Å². The van der Waals surface area contributed by atoms with Crippen molar-refractivity contribution in [3.63, 3.8) is 0 Å². The molecule has 1 rings (SSSR count). The van der Waals surface area contributed by atoms with Gasteiger partial charge >= 0.3 is 5.97 Å². The van der Waals surface area contributed by atoms with Crippen LogP contribution in [0.5, 0.6) is 0 Å². The van der Waals surface area contributed by atoms with Crippen LogP contribution in [0.15, 0.2) is 72.9 Å². The molecule has 0 radical (unpaired) electrons. The highest BCUT2D eigenvalue weighted by Crippen LogP contribution is 2.22. The van der Waals surface area contributed by atoms with Crippen molar-refractivity contribution >= 4 is 5.97 Å². The van der Waals surface area contributed by atoms with Crippen LogP contribution in [0.4, 0.5) is 0 Å². The summed E-state index contributed by atoms with van der Waals surface area (Å²) in [4.78, 5) is 12.8. The van der Waals surface area contributed by atoms with E-state index in [1.165, 1.54) is 83.5 Å². The number of carbonyl (C=O) groups is 1. The minimum Gasteiger partial charge on any atom is -0.457 e. The Morgan fingerprint density at radius 2 is 1.05 bits per heavy atom. The van der Waals surface area contributed by atoms with Crippen LogP contribution in [0, 0.1) is 0 Å². The Labute approximate surface area is 353 Å². The summed E-state index contributed by atoms with van der Waals surface area (Å²) in [6, 6.07) is 0. The van der Waals surface area contributed by atoms with Crippen LogP contribution < -0.4 is 0 Å². The normalized spacial score (nSPS) is 21.0. The van der Waals surface area contributed by atoms with Crippen LogP contribution in [0.25, 0.3) is 0 Å². The number of rotatable bonds is 38. The predicted molar refractivity (Wildman–Crippen MR) is 237 cm³/mol. The van der Waals surface area contributed by atoms with Gasteiger partial charge < -0.3 is 39.4 Å². The molecule has 6 unspecified atom stereocenters. The highest BCUT2D eigenvalue weighted by Gasteiger charge is 2.44. The van der Waals surface area contributed by atoms with Crippen LogP contribution in [0.3, 0.4) is 0 Å². The molecule has 4 N–H and O–H groups in total. The molecule has 1 fully saturated rings. The van der Waals surface area contributed by atoms with Gasteiger partial charge in [0.1, 0.15) is 30.5 Å². The summed E-state index contributed by atoms with van der Waals surface area (Å²) in [7, 11) is 0. The van der Waals surface area contributed by atoms with Gasteiger partial charge in [-0.1, -0.05) is 151 Å². The first kappa shape index (κ1) is 53.6. The predicted octanol–water partition coefficient (Wildman–Crippen LogP) is 10.5. The third-order valence-electron chi connectivity index (χ3n) is 10.1. The first-order valence-electron chi connectivity index (χ1n) is 23.0. The molecular weight excluding hydrogens is 733 g/mol. The Bertz CT molecular complexity index is 1110. The van der Waals surface area contributed by atoms with Crippen molar-refractivity contribution < 1.29 is 44.2 Å². The third-order valence-corrected chi connectivity index (χ3v) is 10.1. The summed E-state index contributed by atoms with van der Waals surface area (Å²) in [5.41, 5.74) is 0. The molecule has 0 saturated carbocycles. The number of aliphatic hydroxyl groups excluding tert-OH is 4. The Hall–Kier alpha value is -2.37. The van der Waals surface area contributed by atoms with E-state index in [2.05, 4.69) is 86.8 Å². The van der Waals surface area contributed by atoms with E-state index in [4.69, 9.17) is 18.9 Å². The van der Waals surface area contributed by atoms with Crippen LogP contribution in [-0.2, 0) is 23.7 Å². The third kappa shape index (κ3) is 30.6. The van der Waals surface area contributed by atoms with Crippen LogP contribution in [0.2, 0.25) is 0 Å². The maximum absolute atomic E-state index is 12.8. The van der Waals surface area contributed by atoms with Gasteiger partial charge in [0.05, 0.1) is 19.8 Å². The Balaban J connectivity index is 2.28. The van der Waals surface area contributed by atoms with Crippen molar-refractivity contribution in [1.82, 2.24) is 0 Å². The highest BCUT2D eigenvalue weighted by atomic mass is 16.7. The zero-order valence-electron chi connectivity index (χ0n) is 36.5. The van der Waals surface area contributed by atoms with Crippen molar-refractivity contribution in [2.45, 2.75) is 205 Å². The second kappa shape index (κ2) is 40.1. The number of hydrogen-bond acceptors (Lipinski definition) is 9. The molecule has 334 valence electrons. The molecule has 58 heavy (non-hydrogen) atoms. The Morgan fingerprint density at radius 1 is 0.569 bits per heavy atom. The van der Waals surface area contributed by atoms with Gasteiger partial charge in [-0.2, -0.15) is 0 Å². The quantitative estimate of drug-likeness (QED) is 0.0273. The largest absolute Gasteiger partial charge is 0.457 e. The lowest BCUT2D eigenvalue weighted by Crippen LogP contribution is -2.59. The standard InChI is InChI=1S/C49H84O9/c1-3-5-7-9-11-13-15-17-19-20-21-22-23-25-27-29-31-33-35-37-39-55-41-43(42-56-49-48(54)47(53)46(52)44(40-50)58-49)57-45(51)38-36-34-32-30-28-26-24-18-16-14-12-10-8-6-4-2/h6,8,11-14,17-19,24,28,30,43-44,46-50,52-54H,3-5,7,9-10,15-16,20-23,25-27,29,31-42H2,1-2H3/b8-6-,13-11-,14-12-,19-17-,24-18-,30-28-. The van der Waals surface area contributed by atoms with Gasteiger partial charge in [0.25, 0.3) is 0 Å². The van der Waals surface area contributed by atoms with E-state index >= 15 is 0 Å². The maximum atomic E-state index is 12.8. The fourth-order valence-corrected chi connectivity index (χ4v) is 6.51. The number of esters is 1. The monoisotopic (exact) mass is 817 g/mol. The van der Waals surface area contributed by atoms with E-state index < -0.39 is 43.4 Å². The lowest BCUT2D eigenvalue weighted by molar-refractivity contribution is -0.305. The van der Waals surface area contributed by atoms with Crippen molar-refractivity contribution in [3.8, 4) is 0 Å². The number of carbonyl (C=O) groups excluding carboxylic acids is 1. The average molecular weight is 817 g/mol. The van der Waals surface area contributed by atoms with E-state index in [1.54, 1.807) is 0 Å². The van der Waals surface area contributed by atoms with Crippen molar-refractivity contribution in [3.05, 3.63) is 72.9 Å². The van der Waals surface area contributed by atoms with Crippen LogP contribution in [0.1, 0.15) is 168 Å². The fraction of sp³-hybridized carbons (Fsp3) is 0.735. The molecule has 6 atom stereocenters. The van der Waals surface area contributed by atoms with Crippen LogP contribution >= 0.6 is 0 Å². The summed E-state index contributed by atoms with van der Waals surface area (Å²) in [5.74, 6) is -0.357. The zero-order valence-corrected chi connectivity index (χ0v) is 36.5. The molecule has 0 aromatic heterocycles. The van der Waals surface area contributed by atoms with Gasteiger partial charge in [0.15, 0.2) is 6.29 Å². The smallest absolute Gasteiger partial charge is 0.306 e. The summed E-state index contributed by atoms with van der Waals surface area (Å²) < 4.78 is 22.8. The van der Waals surface area contributed by atoms with E-state index in [0.717, 1.165) is 57.8 Å². The van der Waals surface area contributed by atoms with Crippen LogP contribution in [-0.4, -0.2) is 89.6 Å². The molecule has 9 heteroatoms. The minimum absolute atomic E-state index is 0.122. The molecule has 1 aliphatic rings. The van der Waals surface area contributed by atoms with Crippen molar-refractivity contribution in [2.75, 3.05) is 26.4 Å². The summed E-state index contributed by atoms with van der Waals surface area (Å²) in [5, 5.41) is 40.1. The van der Waals surface area contributed by atoms with E-state index in [0.29, 0.717) is 13.0 Å². The summed E-state index contributed by atoms with van der Waals surface area (Å²) in [6.07, 6.45) is 45.0. The van der Waals surface area contributed by atoms with Gasteiger partial charge in [-0.25, -0.2) is 0 Å². The number of allylic oxidation sites excluding steroid dienone is 12. The molecule has 0 aromatic carbocycles. The van der Waals surface area contributed by atoms with Gasteiger partial charge in [0.2, 0.25) is 0 Å². The Kier molecular flexibility index (Phi) is 37.1. The SMILES string of the molecule is CC/C=C\C/C=C\C/C=C\C/C=C\CCCCC(=O)OC(COCCCCCCCCCCCC/C=C\C/C=C\CCCCC)COC1OC(CO)C(O)C(O)C1O. The molecule has 1 heterocycles. The first-order chi connectivity index (χ1) is 28.4. The topological polar surface area (TPSA) is 135 Å². The first-order valence-corrected chi connectivity index (χ1v) is 23.0. The minimum atomic E-state index is -1.55. The Morgan fingerprint density at radius 3 is 1.59 bits per heavy atom. The van der Waals surface area contributed by atoms with E-state index in [9.17, 15) is 25.2 Å². The van der Waals surface area contributed by atoms with E-state index in [1.807, 2.05) is 0 Å². The summed E-state index contributed by atoms with van der Waals surface area (Å²) in [6.45, 7) is 4.35. The van der Waals surface area contributed by atoms with Crippen molar-refractivity contribution in [2.24, 2.45) is 0 Å². The molecule has 1 saturated heterocycles. The molecule has 0 aromatic rings. The lowest BCUT2D eigenvalue weighted by atomic mass is 9.99. The van der Waals surface area contributed by atoms with Gasteiger partial charge in [-0.15, -0.1) is 0 Å². The van der Waals surface area contributed by atoms with Gasteiger partial charge in [0, 0.05) is 13.0 Å². The molecule has 0 aliphatic carbocycles. The lowest BCUT2D eigenvalue weighted by Gasteiger charge is -2.39. The van der Waals surface area contributed by atoms with Gasteiger partial charge in [-0.05, 0) is 83.5 Å². The molecule has 9 nitrogen and oxygen atoms in total. The number of ether oxygens (including phenoxy) is 4.